The molecule has 0 saturated heterocycles. The maximum Gasteiger partial charge on any atom is 0.260 e. The normalized spacial score (nSPS) is 15.9. The van der Waals surface area contributed by atoms with Crippen molar-refractivity contribution < 1.29 is 14.3 Å². The number of fused-ring (bicyclic) bond motifs is 1. The topological polar surface area (TPSA) is 81.4 Å². The second-order valence-electron chi connectivity index (χ2n) is 6.77. The van der Waals surface area contributed by atoms with E-state index in [2.05, 4.69) is 12.2 Å². The van der Waals surface area contributed by atoms with Crippen molar-refractivity contribution in [3.8, 4) is 5.75 Å². The molecule has 2 aromatic rings. The minimum atomic E-state index is -0.505. The van der Waals surface area contributed by atoms with E-state index in [1.807, 2.05) is 0 Å². The third-order valence-corrected chi connectivity index (χ3v) is 6.35. The van der Waals surface area contributed by atoms with Crippen molar-refractivity contribution in [2.75, 3.05) is 12.4 Å². The Labute approximate surface area is 167 Å². The van der Waals surface area contributed by atoms with E-state index in [4.69, 9.17) is 22.1 Å². The summed E-state index contributed by atoms with van der Waals surface area (Å²) in [6, 6.07) is 4.84. The molecule has 0 bridgehead atoms. The van der Waals surface area contributed by atoms with E-state index in [9.17, 15) is 9.59 Å². The summed E-state index contributed by atoms with van der Waals surface area (Å²) in [5.74, 6) is 0.163. The van der Waals surface area contributed by atoms with Gasteiger partial charge in [-0.25, -0.2) is 0 Å². The number of anilines is 1. The van der Waals surface area contributed by atoms with Gasteiger partial charge < -0.3 is 15.8 Å². The van der Waals surface area contributed by atoms with Gasteiger partial charge in [-0.1, -0.05) is 31.4 Å². The molecule has 1 aromatic carbocycles. The molecule has 144 valence electrons. The average molecular weight is 407 g/mol. The summed E-state index contributed by atoms with van der Waals surface area (Å²) in [7, 11) is 1.49. The van der Waals surface area contributed by atoms with Crippen molar-refractivity contribution in [2.24, 2.45) is 11.7 Å². The van der Waals surface area contributed by atoms with Crippen LogP contribution in [0.3, 0.4) is 0 Å². The van der Waals surface area contributed by atoms with Crippen LogP contribution in [-0.4, -0.2) is 18.9 Å². The van der Waals surface area contributed by atoms with Gasteiger partial charge in [-0.15, -0.1) is 11.3 Å². The monoisotopic (exact) mass is 406 g/mol. The molecule has 1 atom stereocenters. The first-order valence-corrected chi connectivity index (χ1v) is 10.2. The van der Waals surface area contributed by atoms with Crippen LogP contribution in [-0.2, 0) is 12.8 Å². The number of hydrogen-bond donors (Lipinski definition) is 2. The average Bonchev–Trinajstić information content (AvgIpc) is 2.99. The minimum absolute atomic E-state index is 0.315. The number of primary amides is 1. The van der Waals surface area contributed by atoms with E-state index < -0.39 is 5.91 Å². The molecular weight excluding hydrogens is 384 g/mol. The standard InChI is InChI=1S/C20H23ClN2O3S/c1-3-4-11-5-7-13-16(9-11)27-20(17(13)18(22)24)23-19(25)14-10-12(21)6-8-15(14)26-2/h6,8,10-11H,3-5,7,9H2,1-2H3,(H2,22,24)(H,23,25)/t11-/m1/s1. The highest BCUT2D eigenvalue weighted by atomic mass is 35.5. The summed E-state index contributed by atoms with van der Waals surface area (Å²) in [6.45, 7) is 2.18. The van der Waals surface area contributed by atoms with Gasteiger partial charge >= 0.3 is 0 Å². The van der Waals surface area contributed by atoms with E-state index in [0.717, 1.165) is 36.1 Å². The zero-order chi connectivity index (χ0) is 19.6. The van der Waals surface area contributed by atoms with Crippen LogP contribution in [0.15, 0.2) is 18.2 Å². The van der Waals surface area contributed by atoms with Gasteiger partial charge in [0.05, 0.1) is 18.2 Å². The molecule has 0 radical (unpaired) electrons. The Hall–Kier alpha value is -2.05. The lowest BCUT2D eigenvalue weighted by Gasteiger charge is -2.21. The van der Waals surface area contributed by atoms with Gasteiger partial charge in [0, 0.05) is 9.90 Å². The number of benzene rings is 1. The SMILES string of the molecule is CCC[C@@H]1CCc2c(sc(NC(=O)c3cc(Cl)ccc3OC)c2C(N)=O)C1. The highest BCUT2D eigenvalue weighted by Crippen LogP contribution is 2.41. The van der Waals surface area contributed by atoms with E-state index >= 15 is 0 Å². The maximum atomic E-state index is 12.8. The van der Waals surface area contributed by atoms with Crippen molar-refractivity contribution in [3.63, 3.8) is 0 Å². The fraction of sp³-hybridized carbons (Fsp3) is 0.400. The third-order valence-electron chi connectivity index (χ3n) is 4.94. The van der Waals surface area contributed by atoms with Gasteiger partial charge in [-0.05, 0) is 48.9 Å². The molecular formula is C20H23ClN2O3S. The Morgan fingerprint density at radius 1 is 1.41 bits per heavy atom. The minimum Gasteiger partial charge on any atom is -0.496 e. The number of thiophene rings is 1. The van der Waals surface area contributed by atoms with E-state index in [-0.39, 0.29) is 5.91 Å². The number of ether oxygens (including phenoxy) is 1. The van der Waals surface area contributed by atoms with Crippen LogP contribution >= 0.6 is 22.9 Å². The first kappa shape index (κ1) is 19.7. The molecule has 1 aromatic heterocycles. The molecule has 0 aliphatic heterocycles. The lowest BCUT2D eigenvalue weighted by atomic mass is 9.84. The lowest BCUT2D eigenvalue weighted by Crippen LogP contribution is -2.20. The van der Waals surface area contributed by atoms with Gasteiger partial charge in [0.1, 0.15) is 10.8 Å². The molecule has 3 N–H and O–H groups in total. The Kier molecular flexibility index (Phi) is 6.07. The summed E-state index contributed by atoms with van der Waals surface area (Å²) in [5, 5.41) is 3.80. The highest BCUT2D eigenvalue weighted by molar-refractivity contribution is 7.17. The number of nitrogens with one attached hydrogen (secondary N) is 1. The highest BCUT2D eigenvalue weighted by Gasteiger charge is 2.28. The van der Waals surface area contributed by atoms with Crippen LogP contribution in [0.4, 0.5) is 5.00 Å². The van der Waals surface area contributed by atoms with E-state index in [1.54, 1.807) is 18.2 Å². The number of nitrogens with two attached hydrogens (primary N) is 1. The van der Waals surface area contributed by atoms with Gasteiger partial charge in [-0.3, -0.25) is 9.59 Å². The van der Waals surface area contributed by atoms with Gasteiger partial charge in [-0.2, -0.15) is 0 Å². The first-order chi connectivity index (χ1) is 12.9. The van der Waals surface area contributed by atoms with Crippen molar-refractivity contribution >= 4 is 39.8 Å². The van der Waals surface area contributed by atoms with Crippen LogP contribution in [0, 0.1) is 5.92 Å². The Bertz CT molecular complexity index is 878. The smallest absolute Gasteiger partial charge is 0.260 e. The summed E-state index contributed by atoms with van der Waals surface area (Å²) in [6.07, 6.45) is 5.12. The van der Waals surface area contributed by atoms with Gasteiger partial charge in [0.25, 0.3) is 11.8 Å². The molecule has 5 nitrogen and oxygen atoms in total. The molecule has 3 rings (SSSR count). The molecule has 0 spiro atoms. The number of rotatable bonds is 6. The fourth-order valence-electron chi connectivity index (χ4n) is 3.69. The van der Waals surface area contributed by atoms with E-state index in [0.29, 0.717) is 32.8 Å². The Balaban J connectivity index is 1.92. The predicted octanol–water partition coefficient (Wildman–Crippen LogP) is 4.67. The second kappa shape index (κ2) is 8.31. The number of halogens is 1. The summed E-state index contributed by atoms with van der Waals surface area (Å²) >= 11 is 7.48. The first-order valence-electron chi connectivity index (χ1n) is 9.03. The van der Waals surface area contributed by atoms with Crippen LogP contribution in [0.5, 0.6) is 5.75 Å². The third kappa shape index (κ3) is 4.12. The summed E-state index contributed by atoms with van der Waals surface area (Å²) < 4.78 is 5.25. The van der Waals surface area contributed by atoms with Gasteiger partial charge in [0.2, 0.25) is 0 Å². The summed E-state index contributed by atoms with van der Waals surface area (Å²) in [4.78, 5) is 26.0. The van der Waals surface area contributed by atoms with E-state index in [1.165, 1.54) is 24.9 Å². The van der Waals surface area contributed by atoms with Crippen LogP contribution < -0.4 is 15.8 Å². The second-order valence-corrected chi connectivity index (χ2v) is 8.31. The van der Waals surface area contributed by atoms with Crippen LogP contribution in [0.2, 0.25) is 5.02 Å². The molecule has 0 fully saturated rings. The zero-order valence-electron chi connectivity index (χ0n) is 15.4. The fourth-order valence-corrected chi connectivity index (χ4v) is 5.22. The Morgan fingerprint density at radius 2 is 2.19 bits per heavy atom. The molecule has 7 heteroatoms. The van der Waals surface area contributed by atoms with Crippen molar-refractivity contribution in [3.05, 3.63) is 44.8 Å². The number of amides is 2. The molecule has 1 aliphatic rings. The number of hydrogen-bond acceptors (Lipinski definition) is 4. The van der Waals surface area contributed by atoms with Crippen molar-refractivity contribution in [2.45, 2.75) is 39.0 Å². The molecule has 2 amide bonds. The summed E-state index contributed by atoms with van der Waals surface area (Å²) in [5.41, 5.74) is 7.39. The number of carbonyl (C=O) groups excluding carboxylic acids is 2. The molecule has 27 heavy (non-hydrogen) atoms. The maximum absolute atomic E-state index is 12.8. The van der Waals surface area contributed by atoms with Crippen LogP contribution in [0.1, 0.15) is 57.3 Å². The Morgan fingerprint density at radius 3 is 2.85 bits per heavy atom. The number of methoxy groups -OCH3 is 1. The molecule has 0 saturated carbocycles. The predicted molar refractivity (Wildman–Crippen MR) is 109 cm³/mol. The van der Waals surface area contributed by atoms with Crippen molar-refractivity contribution in [1.82, 2.24) is 0 Å². The zero-order valence-corrected chi connectivity index (χ0v) is 17.0. The molecule has 1 aliphatic carbocycles. The molecule has 1 heterocycles. The lowest BCUT2D eigenvalue weighted by molar-refractivity contribution is 0.1000. The van der Waals surface area contributed by atoms with Crippen molar-refractivity contribution in [1.29, 1.82) is 0 Å². The largest absolute Gasteiger partial charge is 0.496 e. The quantitative estimate of drug-likeness (QED) is 0.731. The van der Waals surface area contributed by atoms with Crippen LogP contribution in [0.25, 0.3) is 0 Å². The van der Waals surface area contributed by atoms with Gasteiger partial charge in [0.15, 0.2) is 0 Å². The molecule has 0 unspecified atom stereocenters. The number of carbonyl (C=O) groups is 2.